The number of halogens is 1. The summed E-state index contributed by atoms with van der Waals surface area (Å²) < 4.78 is 5.35. The number of aliphatic hydroxyl groups excluding tert-OH is 1. The summed E-state index contributed by atoms with van der Waals surface area (Å²) in [7, 11) is 0. The molecule has 2 heterocycles. The monoisotopic (exact) mass is 299 g/mol. The number of aromatic nitrogens is 1. The highest BCUT2D eigenvalue weighted by Crippen LogP contribution is 2.15. The molecule has 0 amide bonds. The van der Waals surface area contributed by atoms with Crippen LogP contribution in [0.1, 0.15) is 5.56 Å². The molecule has 112 valence electrons. The van der Waals surface area contributed by atoms with E-state index in [9.17, 15) is 5.11 Å². The maximum Gasteiger partial charge on any atom is 0.0634 e. The Morgan fingerprint density at radius 3 is 2.85 bits per heavy atom. The van der Waals surface area contributed by atoms with Crippen LogP contribution in [0.25, 0.3) is 0 Å². The lowest BCUT2D eigenvalue weighted by Gasteiger charge is -2.30. The topological polar surface area (TPSA) is 48.8 Å². The zero-order valence-corrected chi connectivity index (χ0v) is 12.4. The van der Waals surface area contributed by atoms with Crippen molar-refractivity contribution in [1.29, 1.82) is 0 Å². The largest absolute Gasteiger partial charge is 0.395 e. The second-order valence-corrected chi connectivity index (χ2v) is 5.33. The molecule has 0 unspecified atom stereocenters. The van der Waals surface area contributed by atoms with Crippen molar-refractivity contribution in [2.75, 3.05) is 52.5 Å². The van der Waals surface area contributed by atoms with E-state index >= 15 is 0 Å². The Bertz CT molecular complexity index is 400. The summed E-state index contributed by atoms with van der Waals surface area (Å²) in [6, 6.07) is 1.93. The molecule has 1 fully saturated rings. The first-order chi connectivity index (χ1) is 9.79. The van der Waals surface area contributed by atoms with Crippen LogP contribution in [0.15, 0.2) is 18.5 Å². The minimum absolute atomic E-state index is 0.159. The van der Waals surface area contributed by atoms with Crippen LogP contribution < -0.4 is 0 Å². The van der Waals surface area contributed by atoms with Gasteiger partial charge in [-0.2, -0.15) is 0 Å². The average Bonchev–Trinajstić information content (AvgIpc) is 2.48. The highest BCUT2D eigenvalue weighted by Gasteiger charge is 2.13. The highest BCUT2D eigenvalue weighted by molar-refractivity contribution is 6.31. The Balaban J connectivity index is 1.84. The first-order valence-corrected chi connectivity index (χ1v) is 7.39. The number of aliphatic hydroxyl groups is 1. The Morgan fingerprint density at radius 1 is 1.35 bits per heavy atom. The fourth-order valence-corrected chi connectivity index (χ4v) is 2.47. The molecule has 1 aromatic heterocycles. The summed E-state index contributed by atoms with van der Waals surface area (Å²) >= 11 is 6.14. The molecule has 20 heavy (non-hydrogen) atoms. The van der Waals surface area contributed by atoms with Crippen LogP contribution in [0.4, 0.5) is 0 Å². The summed E-state index contributed by atoms with van der Waals surface area (Å²) in [5.74, 6) is 0. The number of nitrogens with zero attached hydrogens (tertiary/aromatic N) is 3. The van der Waals surface area contributed by atoms with Gasteiger partial charge in [0.15, 0.2) is 0 Å². The number of hydrogen-bond donors (Lipinski definition) is 1. The predicted molar refractivity (Wildman–Crippen MR) is 78.9 cm³/mol. The number of hydrogen-bond acceptors (Lipinski definition) is 5. The van der Waals surface area contributed by atoms with E-state index < -0.39 is 0 Å². The first-order valence-electron chi connectivity index (χ1n) is 7.01. The molecule has 0 spiro atoms. The van der Waals surface area contributed by atoms with Gasteiger partial charge in [-0.15, -0.1) is 0 Å². The minimum atomic E-state index is 0.159. The first kappa shape index (κ1) is 15.7. The van der Waals surface area contributed by atoms with Crippen LogP contribution in [-0.2, 0) is 11.3 Å². The molecule has 1 aromatic rings. The lowest BCUT2D eigenvalue weighted by Crippen LogP contribution is -2.41. The molecule has 6 heteroatoms. The second-order valence-electron chi connectivity index (χ2n) is 4.92. The molecule has 0 radical (unpaired) electrons. The van der Waals surface area contributed by atoms with Crippen LogP contribution in [-0.4, -0.2) is 72.4 Å². The third kappa shape index (κ3) is 5.00. The van der Waals surface area contributed by atoms with Gasteiger partial charge in [0.05, 0.1) is 24.8 Å². The van der Waals surface area contributed by atoms with Crippen molar-refractivity contribution < 1.29 is 9.84 Å². The van der Waals surface area contributed by atoms with Crippen molar-refractivity contribution in [3.05, 3.63) is 29.0 Å². The van der Waals surface area contributed by atoms with Crippen molar-refractivity contribution in [3.63, 3.8) is 0 Å². The SMILES string of the molecule is OCCN(CCN1CCOCC1)Cc1ccncc1Cl. The Morgan fingerprint density at radius 2 is 2.15 bits per heavy atom. The third-order valence-corrected chi connectivity index (χ3v) is 3.84. The van der Waals surface area contributed by atoms with Crippen LogP contribution in [0.5, 0.6) is 0 Å². The smallest absolute Gasteiger partial charge is 0.0634 e. The molecule has 0 bridgehead atoms. The van der Waals surface area contributed by atoms with E-state index in [4.69, 9.17) is 16.3 Å². The second kappa shape index (κ2) is 8.54. The van der Waals surface area contributed by atoms with E-state index in [0.29, 0.717) is 11.6 Å². The quantitative estimate of drug-likeness (QED) is 0.809. The average molecular weight is 300 g/mol. The number of ether oxygens (including phenoxy) is 1. The van der Waals surface area contributed by atoms with Gasteiger partial charge in [0.1, 0.15) is 0 Å². The zero-order valence-electron chi connectivity index (χ0n) is 11.7. The third-order valence-electron chi connectivity index (χ3n) is 3.50. The lowest BCUT2D eigenvalue weighted by molar-refractivity contribution is 0.0320. The Hall–Kier alpha value is -0.720. The van der Waals surface area contributed by atoms with Crippen molar-refractivity contribution in [3.8, 4) is 0 Å². The van der Waals surface area contributed by atoms with Gasteiger partial charge in [0.25, 0.3) is 0 Å². The summed E-state index contributed by atoms with van der Waals surface area (Å²) in [4.78, 5) is 8.61. The van der Waals surface area contributed by atoms with Gasteiger partial charge < -0.3 is 9.84 Å². The van der Waals surface area contributed by atoms with Crippen molar-refractivity contribution in [2.45, 2.75) is 6.54 Å². The van der Waals surface area contributed by atoms with E-state index in [2.05, 4.69) is 14.8 Å². The summed E-state index contributed by atoms with van der Waals surface area (Å²) in [5.41, 5.74) is 1.05. The molecule has 0 aliphatic carbocycles. The van der Waals surface area contributed by atoms with Gasteiger partial charge >= 0.3 is 0 Å². The molecule has 5 nitrogen and oxygen atoms in total. The van der Waals surface area contributed by atoms with E-state index in [1.54, 1.807) is 12.4 Å². The summed E-state index contributed by atoms with van der Waals surface area (Å²) in [5, 5.41) is 9.88. The summed E-state index contributed by atoms with van der Waals surface area (Å²) in [6.45, 7) is 7.07. The van der Waals surface area contributed by atoms with Gasteiger partial charge in [0.2, 0.25) is 0 Å². The van der Waals surface area contributed by atoms with Gasteiger partial charge in [-0.05, 0) is 11.6 Å². The van der Waals surface area contributed by atoms with Crippen molar-refractivity contribution >= 4 is 11.6 Å². The standard InChI is InChI=1S/C14H22ClN3O2/c15-14-11-16-2-1-13(14)12-18(5-8-19)4-3-17-6-9-20-10-7-17/h1-2,11,19H,3-10,12H2. The van der Waals surface area contributed by atoms with E-state index in [0.717, 1.165) is 51.5 Å². The van der Waals surface area contributed by atoms with E-state index in [-0.39, 0.29) is 6.61 Å². The maximum atomic E-state index is 9.20. The van der Waals surface area contributed by atoms with Gasteiger partial charge in [-0.3, -0.25) is 14.8 Å². The van der Waals surface area contributed by atoms with E-state index in [1.807, 2.05) is 6.07 Å². The van der Waals surface area contributed by atoms with E-state index in [1.165, 1.54) is 0 Å². The van der Waals surface area contributed by atoms with Crippen LogP contribution in [0, 0.1) is 0 Å². The molecule has 0 atom stereocenters. The maximum absolute atomic E-state index is 9.20. The molecule has 1 aliphatic rings. The Kier molecular flexibility index (Phi) is 6.69. The number of morpholine rings is 1. The molecule has 1 N–H and O–H groups in total. The van der Waals surface area contributed by atoms with Crippen LogP contribution in [0.3, 0.4) is 0 Å². The normalized spacial score (nSPS) is 16.8. The van der Waals surface area contributed by atoms with Gasteiger partial charge in [-0.25, -0.2) is 0 Å². The van der Waals surface area contributed by atoms with Crippen molar-refractivity contribution in [2.24, 2.45) is 0 Å². The highest BCUT2D eigenvalue weighted by atomic mass is 35.5. The predicted octanol–water partition coefficient (Wildman–Crippen LogP) is 0.862. The molecule has 1 saturated heterocycles. The molecule has 0 aromatic carbocycles. The van der Waals surface area contributed by atoms with Crippen LogP contribution >= 0.6 is 11.6 Å². The summed E-state index contributed by atoms with van der Waals surface area (Å²) in [6.07, 6.45) is 3.41. The van der Waals surface area contributed by atoms with Crippen molar-refractivity contribution in [1.82, 2.24) is 14.8 Å². The number of rotatable bonds is 7. The Labute approximate surface area is 125 Å². The fourth-order valence-electron chi connectivity index (χ4n) is 2.29. The molecular weight excluding hydrogens is 278 g/mol. The fraction of sp³-hybridized carbons (Fsp3) is 0.643. The van der Waals surface area contributed by atoms with Gasteiger partial charge in [-0.1, -0.05) is 11.6 Å². The molecule has 0 saturated carbocycles. The minimum Gasteiger partial charge on any atom is -0.395 e. The van der Waals surface area contributed by atoms with Crippen LogP contribution in [0.2, 0.25) is 5.02 Å². The zero-order chi connectivity index (χ0) is 14.2. The molecule has 2 rings (SSSR count). The molecular formula is C14H22ClN3O2. The number of pyridine rings is 1. The van der Waals surface area contributed by atoms with Gasteiger partial charge in [0, 0.05) is 51.7 Å². The molecule has 1 aliphatic heterocycles. The lowest BCUT2D eigenvalue weighted by atomic mass is 10.2.